The number of ether oxygens (including phenoxy) is 2. The second kappa shape index (κ2) is 8.66. The van der Waals surface area contributed by atoms with Crippen LogP contribution in [0.15, 0.2) is 18.3 Å². The van der Waals surface area contributed by atoms with Crippen molar-refractivity contribution in [3.63, 3.8) is 0 Å². The summed E-state index contributed by atoms with van der Waals surface area (Å²) in [6.45, 7) is 11.4. The highest BCUT2D eigenvalue weighted by atomic mass is 32.2. The molecule has 1 aromatic rings. The lowest BCUT2D eigenvalue weighted by atomic mass is 9.79. The van der Waals surface area contributed by atoms with E-state index in [9.17, 15) is 4.79 Å². The molecule has 31 heavy (non-hydrogen) atoms. The van der Waals surface area contributed by atoms with E-state index in [2.05, 4.69) is 29.6 Å². The number of hydrogen-bond acceptors (Lipinski definition) is 6. The number of carbonyl (C=O) groups excluding carboxylic acids is 1. The van der Waals surface area contributed by atoms with E-state index in [0.29, 0.717) is 5.92 Å². The molecule has 0 N–H and O–H groups in total. The van der Waals surface area contributed by atoms with Crippen LogP contribution in [0.3, 0.4) is 0 Å². The predicted octanol–water partition coefficient (Wildman–Crippen LogP) is 4.79. The summed E-state index contributed by atoms with van der Waals surface area (Å²) in [5.74, 6) is 1.33. The van der Waals surface area contributed by atoms with Crippen molar-refractivity contribution in [1.82, 2.24) is 14.2 Å². The molecule has 0 radical (unpaired) electrons. The van der Waals surface area contributed by atoms with E-state index in [4.69, 9.17) is 14.5 Å². The molecule has 1 amide bonds. The molecule has 1 unspecified atom stereocenters. The van der Waals surface area contributed by atoms with Gasteiger partial charge in [-0.2, -0.15) is 0 Å². The average molecular weight is 446 g/mol. The third kappa shape index (κ3) is 5.03. The number of piperidine rings is 1. The van der Waals surface area contributed by atoms with Crippen LogP contribution in [0.4, 0.5) is 4.79 Å². The van der Waals surface area contributed by atoms with Crippen LogP contribution in [0.25, 0.3) is 5.57 Å². The lowest BCUT2D eigenvalue weighted by Crippen LogP contribution is -2.48. The molecule has 0 saturated carbocycles. The van der Waals surface area contributed by atoms with E-state index in [-0.39, 0.29) is 11.7 Å². The van der Waals surface area contributed by atoms with Crippen molar-refractivity contribution in [2.75, 3.05) is 32.4 Å². The molecule has 1 fully saturated rings. The highest BCUT2D eigenvalue weighted by molar-refractivity contribution is 7.96. The molecule has 3 aliphatic rings. The van der Waals surface area contributed by atoms with Gasteiger partial charge in [0.15, 0.2) is 0 Å². The normalized spacial score (nSPS) is 25.1. The molecule has 3 aliphatic heterocycles. The minimum absolute atomic E-state index is 0.207. The first-order valence-electron chi connectivity index (χ1n) is 11.3. The molecule has 0 bridgehead atoms. The largest absolute Gasteiger partial charge is 0.485 e. The molecule has 0 aromatic carbocycles. The molecular weight excluding hydrogens is 410 g/mol. The molecule has 7 heteroatoms. The van der Waals surface area contributed by atoms with Crippen molar-refractivity contribution in [2.45, 2.75) is 64.6 Å². The zero-order valence-corrected chi connectivity index (χ0v) is 20.3. The summed E-state index contributed by atoms with van der Waals surface area (Å²) in [7, 11) is 0. The molecule has 4 heterocycles. The topological polar surface area (TPSA) is 54.9 Å². The van der Waals surface area contributed by atoms with Crippen molar-refractivity contribution in [3.05, 3.63) is 29.6 Å². The zero-order valence-electron chi connectivity index (χ0n) is 19.4. The molecule has 1 atom stereocenters. The Kier molecular flexibility index (Phi) is 6.28. The monoisotopic (exact) mass is 445 g/mol. The Bertz CT molecular complexity index is 858. The van der Waals surface area contributed by atoms with Crippen molar-refractivity contribution in [1.29, 1.82) is 0 Å². The first kappa shape index (κ1) is 22.5. The van der Waals surface area contributed by atoms with Crippen LogP contribution < -0.4 is 4.74 Å². The van der Waals surface area contributed by atoms with Gasteiger partial charge in [0.2, 0.25) is 0 Å². The second-order valence-electron chi connectivity index (χ2n) is 10.1. The summed E-state index contributed by atoms with van der Waals surface area (Å²) in [4.78, 5) is 18.9. The molecule has 0 spiro atoms. The van der Waals surface area contributed by atoms with Gasteiger partial charge in [-0.1, -0.05) is 18.0 Å². The third-order valence-corrected chi connectivity index (χ3v) is 7.45. The predicted molar refractivity (Wildman–Crippen MR) is 125 cm³/mol. The second-order valence-corrected chi connectivity index (χ2v) is 10.9. The van der Waals surface area contributed by atoms with Crippen LogP contribution in [0, 0.1) is 5.92 Å². The maximum atomic E-state index is 12.4. The van der Waals surface area contributed by atoms with Crippen molar-refractivity contribution in [3.8, 4) is 5.75 Å². The van der Waals surface area contributed by atoms with Crippen molar-refractivity contribution >= 4 is 23.6 Å². The van der Waals surface area contributed by atoms with E-state index in [1.807, 2.05) is 31.9 Å². The SMILES string of the molecule is CSN1CC=C(c2cc3c(cn2)OC(C)(C2CCN(C(=O)OC(C)(C)C)CC2)C3)CC1. The maximum Gasteiger partial charge on any atom is 0.410 e. The number of aromatic nitrogens is 1. The standard InChI is InChI=1S/C24H35N3O3S/c1-23(2,3)30-22(28)26-10-8-19(9-11-26)24(4)15-18-14-20(25-16-21(18)29-24)17-6-12-27(31-5)13-7-17/h6,14,16,19H,7-13,15H2,1-5H3. The van der Waals surface area contributed by atoms with Crippen LogP contribution in [0.1, 0.15) is 58.2 Å². The molecule has 4 rings (SSSR count). The molecule has 0 aliphatic carbocycles. The van der Waals surface area contributed by atoms with Crippen LogP contribution >= 0.6 is 11.9 Å². The van der Waals surface area contributed by atoms with Crippen molar-refractivity contribution in [2.24, 2.45) is 5.92 Å². The van der Waals surface area contributed by atoms with Gasteiger partial charge < -0.3 is 14.4 Å². The van der Waals surface area contributed by atoms with Crippen LogP contribution in [0.5, 0.6) is 5.75 Å². The van der Waals surface area contributed by atoms with Gasteiger partial charge in [0.1, 0.15) is 17.0 Å². The van der Waals surface area contributed by atoms with E-state index in [0.717, 1.165) is 63.3 Å². The molecule has 1 aromatic heterocycles. The highest BCUT2D eigenvalue weighted by Crippen LogP contribution is 2.43. The fourth-order valence-electron chi connectivity index (χ4n) is 4.83. The van der Waals surface area contributed by atoms with Gasteiger partial charge in [-0.3, -0.25) is 4.98 Å². The van der Waals surface area contributed by atoms with E-state index in [1.165, 1.54) is 11.1 Å². The van der Waals surface area contributed by atoms with Crippen LogP contribution in [0.2, 0.25) is 0 Å². The van der Waals surface area contributed by atoms with E-state index >= 15 is 0 Å². The van der Waals surface area contributed by atoms with Gasteiger partial charge in [0.05, 0.1) is 11.9 Å². The first-order valence-corrected chi connectivity index (χ1v) is 12.5. The van der Waals surface area contributed by atoms with Gasteiger partial charge in [-0.05, 0) is 64.9 Å². The smallest absolute Gasteiger partial charge is 0.410 e. The number of fused-ring (bicyclic) bond motifs is 1. The Morgan fingerprint density at radius 1 is 1.29 bits per heavy atom. The Morgan fingerprint density at radius 2 is 2.03 bits per heavy atom. The number of amides is 1. The Hall–Kier alpha value is -1.73. The van der Waals surface area contributed by atoms with E-state index < -0.39 is 5.60 Å². The van der Waals surface area contributed by atoms with Gasteiger partial charge in [-0.25, -0.2) is 9.10 Å². The molecule has 170 valence electrons. The summed E-state index contributed by atoms with van der Waals surface area (Å²) in [6.07, 6.45) is 9.93. The Balaban J connectivity index is 1.38. The number of carbonyl (C=O) groups is 1. The summed E-state index contributed by atoms with van der Waals surface area (Å²) >= 11 is 1.80. The summed E-state index contributed by atoms with van der Waals surface area (Å²) in [6, 6.07) is 2.23. The summed E-state index contributed by atoms with van der Waals surface area (Å²) in [5, 5.41) is 0. The maximum absolute atomic E-state index is 12.4. The van der Waals surface area contributed by atoms with Crippen LogP contribution in [-0.4, -0.2) is 63.9 Å². The number of hydrogen-bond donors (Lipinski definition) is 0. The minimum Gasteiger partial charge on any atom is -0.485 e. The van der Waals surface area contributed by atoms with Gasteiger partial charge >= 0.3 is 6.09 Å². The van der Waals surface area contributed by atoms with Gasteiger partial charge in [0.25, 0.3) is 0 Å². The van der Waals surface area contributed by atoms with Gasteiger partial charge in [-0.15, -0.1) is 0 Å². The molecular formula is C24H35N3O3S. The fraction of sp³-hybridized carbons (Fsp3) is 0.667. The van der Waals surface area contributed by atoms with Crippen LogP contribution in [-0.2, 0) is 11.2 Å². The quantitative estimate of drug-likeness (QED) is 0.624. The number of likely N-dealkylation sites (tertiary alicyclic amines) is 1. The third-order valence-electron chi connectivity index (χ3n) is 6.60. The first-order chi connectivity index (χ1) is 14.7. The Labute approximate surface area is 190 Å². The molecule has 1 saturated heterocycles. The number of rotatable bonds is 3. The summed E-state index contributed by atoms with van der Waals surface area (Å²) in [5.41, 5.74) is 3.00. The lowest BCUT2D eigenvalue weighted by Gasteiger charge is -2.40. The van der Waals surface area contributed by atoms with Gasteiger partial charge in [0, 0.05) is 44.1 Å². The number of pyridine rings is 1. The molecule has 6 nitrogen and oxygen atoms in total. The van der Waals surface area contributed by atoms with E-state index in [1.54, 1.807) is 11.9 Å². The Morgan fingerprint density at radius 3 is 2.65 bits per heavy atom. The highest BCUT2D eigenvalue weighted by Gasteiger charge is 2.44. The number of nitrogens with zero attached hydrogens (tertiary/aromatic N) is 3. The lowest BCUT2D eigenvalue weighted by molar-refractivity contribution is -0.00829. The van der Waals surface area contributed by atoms with Crippen molar-refractivity contribution < 1.29 is 14.3 Å². The summed E-state index contributed by atoms with van der Waals surface area (Å²) < 4.78 is 14.4. The zero-order chi connectivity index (χ0) is 22.2. The fourth-order valence-corrected chi connectivity index (χ4v) is 5.33. The average Bonchev–Trinajstić information content (AvgIpc) is 3.09. The minimum atomic E-state index is -0.456.